The number of benzene rings is 2. The van der Waals surface area contributed by atoms with Gasteiger partial charge in [-0.25, -0.2) is 0 Å². The van der Waals surface area contributed by atoms with Crippen LogP contribution < -0.4 is 11.5 Å². The van der Waals surface area contributed by atoms with E-state index in [-0.39, 0.29) is 0 Å². The molecule has 0 fully saturated rings. The Morgan fingerprint density at radius 3 is 2.72 bits per heavy atom. The summed E-state index contributed by atoms with van der Waals surface area (Å²) in [5.74, 6) is 0. The first kappa shape index (κ1) is 11.1. The van der Waals surface area contributed by atoms with E-state index >= 15 is 0 Å². The van der Waals surface area contributed by atoms with Gasteiger partial charge in [0.2, 0.25) is 0 Å². The van der Waals surface area contributed by atoms with Crippen LogP contribution in [0.15, 0.2) is 36.4 Å². The number of nitrogens with two attached hydrogens (primary N) is 2. The monoisotopic (exact) mass is 239 g/mol. The number of aryl methyl sites for hydroxylation is 1. The first-order valence-corrected chi connectivity index (χ1v) is 6.28. The van der Waals surface area contributed by atoms with Crippen molar-refractivity contribution in [2.24, 2.45) is 5.73 Å². The number of para-hydroxylation sites is 1. The molecule has 0 atom stereocenters. The maximum absolute atomic E-state index is 6.00. The minimum atomic E-state index is 0.705. The van der Waals surface area contributed by atoms with Gasteiger partial charge in [-0.3, -0.25) is 0 Å². The average Bonchev–Trinajstić information content (AvgIpc) is 2.75. The minimum Gasteiger partial charge on any atom is -0.399 e. The third-order valence-electron chi connectivity index (χ3n) is 3.37. The van der Waals surface area contributed by atoms with Crippen LogP contribution in [-0.4, -0.2) is 11.5 Å². The summed E-state index contributed by atoms with van der Waals surface area (Å²) in [6, 6.07) is 12.4. The minimum absolute atomic E-state index is 0.705. The lowest BCUT2D eigenvalue weighted by atomic mass is 10.0. The Hall–Kier alpha value is -2.00. The molecule has 0 aliphatic carbocycles. The molecule has 1 heterocycles. The molecule has 3 rings (SSSR count). The summed E-state index contributed by atoms with van der Waals surface area (Å²) >= 11 is 0. The second kappa shape index (κ2) is 4.35. The fourth-order valence-electron chi connectivity index (χ4n) is 2.54. The van der Waals surface area contributed by atoms with Crippen molar-refractivity contribution in [2.45, 2.75) is 12.8 Å². The summed E-state index contributed by atoms with van der Waals surface area (Å²) in [7, 11) is 0. The Labute approximate surface area is 106 Å². The van der Waals surface area contributed by atoms with Crippen molar-refractivity contribution in [3.05, 3.63) is 42.0 Å². The maximum Gasteiger partial charge on any atom is 0.0498 e. The molecule has 3 heteroatoms. The van der Waals surface area contributed by atoms with E-state index in [4.69, 9.17) is 11.5 Å². The highest BCUT2D eigenvalue weighted by molar-refractivity contribution is 6.09. The van der Waals surface area contributed by atoms with Crippen LogP contribution >= 0.6 is 0 Å². The van der Waals surface area contributed by atoms with Gasteiger partial charge in [-0.2, -0.15) is 0 Å². The predicted molar refractivity (Wildman–Crippen MR) is 77.6 cm³/mol. The van der Waals surface area contributed by atoms with E-state index in [9.17, 15) is 0 Å². The molecule has 5 N–H and O–H groups in total. The zero-order valence-corrected chi connectivity index (χ0v) is 10.2. The quantitative estimate of drug-likeness (QED) is 0.615. The molecule has 0 radical (unpaired) electrons. The van der Waals surface area contributed by atoms with Crippen molar-refractivity contribution < 1.29 is 0 Å². The number of hydrogen-bond acceptors (Lipinski definition) is 2. The van der Waals surface area contributed by atoms with Crippen LogP contribution in [0, 0.1) is 0 Å². The van der Waals surface area contributed by atoms with E-state index in [2.05, 4.69) is 23.2 Å². The van der Waals surface area contributed by atoms with Gasteiger partial charge in [0.1, 0.15) is 0 Å². The molecule has 18 heavy (non-hydrogen) atoms. The Balaban J connectivity index is 2.29. The van der Waals surface area contributed by atoms with Crippen molar-refractivity contribution in [3.8, 4) is 0 Å². The van der Waals surface area contributed by atoms with Gasteiger partial charge in [0.15, 0.2) is 0 Å². The lowest BCUT2D eigenvalue weighted by Crippen LogP contribution is -2.01. The highest BCUT2D eigenvalue weighted by Crippen LogP contribution is 2.30. The first-order valence-electron chi connectivity index (χ1n) is 6.28. The molecule has 0 amide bonds. The largest absolute Gasteiger partial charge is 0.399 e. The number of nitrogens with one attached hydrogen (secondary N) is 1. The third-order valence-corrected chi connectivity index (χ3v) is 3.37. The number of hydrogen-bond donors (Lipinski definition) is 3. The Bertz CT molecular complexity index is 697. The SMILES string of the molecule is NCCCc1cc(N)cc2c1[nH]c1ccccc12. The first-order chi connectivity index (χ1) is 8.79. The molecule has 1 aromatic heterocycles. The smallest absolute Gasteiger partial charge is 0.0498 e. The van der Waals surface area contributed by atoms with E-state index in [1.54, 1.807) is 0 Å². The number of aromatic nitrogens is 1. The lowest BCUT2D eigenvalue weighted by molar-refractivity contribution is 0.836. The van der Waals surface area contributed by atoms with Crippen molar-refractivity contribution >= 4 is 27.5 Å². The highest BCUT2D eigenvalue weighted by Gasteiger charge is 2.08. The lowest BCUT2D eigenvalue weighted by Gasteiger charge is -2.04. The van der Waals surface area contributed by atoms with Crippen LogP contribution in [0.3, 0.4) is 0 Å². The van der Waals surface area contributed by atoms with Crippen molar-refractivity contribution in [3.63, 3.8) is 0 Å². The van der Waals surface area contributed by atoms with E-state index in [0.29, 0.717) is 6.54 Å². The van der Waals surface area contributed by atoms with Gasteiger partial charge in [-0.05, 0) is 43.1 Å². The van der Waals surface area contributed by atoms with Gasteiger partial charge in [0.25, 0.3) is 0 Å². The topological polar surface area (TPSA) is 67.8 Å². The zero-order chi connectivity index (χ0) is 12.5. The van der Waals surface area contributed by atoms with E-state index in [0.717, 1.165) is 24.0 Å². The fraction of sp³-hybridized carbons (Fsp3) is 0.200. The van der Waals surface area contributed by atoms with Crippen molar-refractivity contribution in [1.82, 2.24) is 4.98 Å². The van der Waals surface area contributed by atoms with Gasteiger partial charge >= 0.3 is 0 Å². The van der Waals surface area contributed by atoms with Crippen LogP contribution in [-0.2, 0) is 6.42 Å². The molecule has 92 valence electrons. The molecule has 2 aromatic carbocycles. The van der Waals surface area contributed by atoms with Gasteiger partial charge in [-0.1, -0.05) is 18.2 Å². The molecule has 0 aliphatic rings. The predicted octanol–water partition coefficient (Wildman–Crippen LogP) is 2.79. The Kier molecular flexibility index (Phi) is 2.68. The van der Waals surface area contributed by atoms with Crippen LogP contribution in [0.2, 0.25) is 0 Å². The molecule has 3 nitrogen and oxygen atoms in total. The molecule has 0 unspecified atom stereocenters. The van der Waals surface area contributed by atoms with E-state index in [1.165, 1.54) is 21.9 Å². The van der Waals surface area contributed by atoms with Crippen molar-refractivity contribution in [1.29, 1.82) is 0 Å². The summed E-state index contributed by atoms with van der Waals surface area (Å²) in [6.07, 6.45) is 1.94. The van der Waals surface area contributed by atoms with Gasteiger partial charge in [0, 0.05) is 27.5 Å². The molecular weight excluding hydrogens is 222 g/mol. The van der Waals surface area contributed by atoms with Gasteiger partial charge in [-0.15, -0.1) is 0 Å². The molecule has 0 spiro atoms. The van der Waals surface area contributed by atoms with E-state index in [1.807, 2.05) is 18.2 Å². The molecule has 0 saturated heterocycles. The number of aromatic amines is 1. The number of H-pyrrole nitrogens is 1. The number of fused-ring (bicyclic) bond motifs is 3. The fourth-order valence-corrected chi connectivity index (χ4v) is 2.54. The molecule has 3 aromatic rings. The Morgan fingerprint density at radius 1 is 1.06 bits per heavy atom. The van der Waals surface area contributed by atoms with Crippen LogP contribution in [0.4, 0.5) is 5.69 Å². The molecular formula is C15H17N3. The van der Waals surface area contributed by atoms with Gasteiger partial charge in [0.05, 0.1) is 0 Å². The summed E-state index contributed by atoms with van der Waals surface area (Å²) in [5, 5.41) is 2.44. The van der Waals surface area contributed by atoms with Crippen LogP contribution in [0.25, 0.3) is 21.8 Å². The van der Waals surface area contributed by atoms with Crippen molar-refractivity contribution in [2.75, 3.05) is 12.3 Å². The average molecular weight is 239 g/mol. The molecule has 0 saturated carbocycles. The Morgan fingerprint density at radius 2 is 1.89 bits per heavy atom. The molecule has 0 bridgehead atoms. The number of rotatable bonds is 3. The van der Waals surface area contributed by atoms with Crippen LogP contribution in [0.5, 0.6) is 0 Å². The highest BCUT2D eigenvalue weighted by atomic mass is 14.7. The van der Waals surface area contributed by atoms with Crippen LogP contribution in [0.1, 0.15) is 12.0 Å². The third kappa shape index (κ3) is 1.73. The zero-order valence-electron chi connectivity index (χ0n) is 10.2. The number of anilines is 1. The molecule has 0 aliphatic heterocycles. The second-order valence-electron chi connectivity index (χ2n) is 4.67. The summed E-state index contributed by atoms with van der Waals surface area (Å²) < 4.78 is 0. The summed E-state index contributed by atoms with van der Waals surface area (Å²) in [4.78, 5) is 3.49. The normalized spacial score (nSPS) is 11.4. The van der Waals surface area contributed by atoms with E-state index < -0.39 is 0 Å². The second-order valence-corrected chi connectivity index (χ2v) is 4.67. The standard InChI is InChI=1S/C15H17N3/c16-7-3-4-10-8-11(17)9-13-12-5-1-2-6-14(12)18-15(10)13/h1-2,5-6,8-9,18H,3-4,7,16-17H2. The van der Waals surface area contributed by atoms with Gasteiger partial charge < -0.3 is 16.5 Å². The number of nitrogen functional groups attached to an aromatic ring is 1. The maximum atomic E-state index is 6.00. The summed E-state index contributed by atoms with van der Waals surface area (Å²) in [5.41, 5.74) is 16.0. The summed E-state index contributed by atoms with van der Waals surface area (Å²) in [6.45, 7) is 0.705.